The third-order valence-corrected chi connectivity index (χ3v) is 3.89. The Morgan fingerprint density at radius 3 is 2.59 bits per heavy atom. The van der Waals surface area contributed by atoms with Crippen LogP contribution in [0.4, 0.5) is 5.69 Å². The molecule has 1 N–H and O–H groups in total. The maximum atomic E-state index is 12.6. The number of hydrogen-bond acceptors (Lipinski definition) is 5. The monoisotopic (exact) mass is 365 g/mol. The van der Waals surface area contributed by atoms with Crippen LogP contribution in [0.1, 0.15) is 22.8 Å². The van der Waals surface area contributed by atoms with Gasteiger partial charge < -0.3 is 19.5 Å². The highest BCUT2D eigenvalue weighted by molar-refractivity contribution is 6.09. The highest BCUT2D eigenvalue weighted by atomic mass is 16.5. The van der Waals surface area contributed by atoms with Crippen molar-refractivity contribution in [2.24, 2.45) is 0 Å². The van der Waals surface area contributed by atoms with Crippen molar-refractivity contribution in [2.75, 3.05) is 19.0 Å². The van der Waals surface area contributed by atoms with Gasteiger partial charge >= 0.3 is 5.97 Å². The molecule has 0 bridgehead atoms. The molecule has 3 rings (SSSR count). The Morgan fingerprint density at radius 2 is 1.89 bits per heavy atom. The number of nitrogens with one attached hydrogen (secondary N) is 1. The molecule has 0 aromatic heterocycles. The summed E-state index contributed by atoms with van der Waals surface area (Å²) >= 11 is 0. The molecular weight excluding hydrogens is 346 g/mol. The predicted octanol–water partition coefficient (Wildman–Crippen LogP) is 3.80. The molecule has 0 saturated heterocycles. The molecule has 6 nitrogen and oxygen atoms in total. The van der Waals surface area contributed by atoms with E-state index < -0.39 is 5.97 Å². The first-order valence-corrected chi connectivity index (χ1v) is 8.42. The number of ether oxygens (including phenoxy) is 3. The van der Waals surface area contributed by atoms with Gasteiger partial charge in [0.05, 0.1) is 25.5 Å². The van der Waals surface area contributed by atoms with E-state index in [0.29, 0.717) is 34.9 Å². The number of fused-ring (bicyclic) bond motifs is 1. The second-order valence-electron chi connectivity index (χ2n) is 5.68. The van der Waals surface area contributed by atoms with E-state index in [9.17, 15) is 9.59 Å². The molecule has 6 heteroatoms. The van der Waals surface area contributed by atoms with E-state index in [-0.39, 0.29) is 5.91 Å². The van der Waals surface area contributed by atoms with Crippen molar-refractivity contribution in [2.45, 2.75) is 6.92 Å². The van der Waals surface area contributed by atoms with E-state index >= 15 is 0 Å². The predicted molar refractivity (Wildman–Crippen MR) is 102 cm³/mol. The topological polar surface area (TPSA) is 73.9 Å². The Morgan fingerprint density at radius 1 is 1.11 bits per heavy atom. The molecule has 1 aliphatic rings. The van der Waals surface area contributed by atoms with Crippen LogP contribution in [-0.4, -0.2) is 25.6 Å². The molecule has 0 aliphatic carbocycles. The molecule has 1 aliphatic heterocycles. The molecule has 1 amide bonds. The van der Waals surface area contributed by atoms with Crippen LogP contribution in [0, 0.1) is 0 Å². The average molecular weight is 365 g/mol. The highest BCUT2D eigenvalue weighted by Crippen LogP contribution is 2.29. The van der Waals surface area contributed by atoms with Crippen molar-refractivity contribution >= 4 is 23.6 Å². The summed E-state index contributed by atoms with van der Waals surface area (Å²) in [5, 5.41) is 2.80. The van der Waals surface area contributed by atoms with Crippen molar-refractivity contribution in [3.8, 4) is 11.5 Å². The standard InChI is InChI=1S/C21H19NO5/c1-3-26-21(24)14-4-6-17(7-5-14)22-20(23)15-10-11-27-19-9-8-18(25-2)13-16(19)12-15/h4-13H,3H2,1-2H3,(H,22,23). The van der Waals surface area contributed by atoms with Gasteiger partial charge in [-0.25, -0.2) is 4.79 Å². The molecule has 1 heterocycles. The van der Waals surface area contributed by atoms with Crippen LogP contribution in [0.2, 0.25) is 0 Å². The number of benzene rings is 2. The van der Waals surface area contributed by atoms with E-state index in [2.05, 4.69) is 5.32 Å². The number of hydrogen-bond donors (Lipinski definition) is 1. The molecule has 0 atom stereocenters. The van der Waals surface area contributed by atoms with E-state index in [1.165, 1.54) is 6.26 Å². The second kappa shape index (κ2) is 8.23. The summed E-state index contributed by atoms with van der Waals surface area (Å²) in [7, 11) is 1.58. The van der Waals surface area contributed by atoms with E-state index in [1.54, 1.807) is 68.7 Å². The normalized spacial score (nSPS) is 12.1. The Bertz CT molecular complexity index is 913. The van der Waals surface area contributed by atoms with Gasteiger partial charge in [-0.3, -0.25) is 4.79 Å². The smallest absolute Gasteiger partial charge is 0.338 e. The number of rotatable bonds is 5. The molecule has 0 spiro atoms. The Balaban J connectivity index is 1.77. The van der Waals surface area contributed by atoms with Crippen LogP contribution < -0.4 is 14.8 Å². The SMILES string of the molecule is CCOC(=O)c1ccc(NC(=O)C2=Cc3cc(OC)ccc3OC=C2)cc1. The Hall–Kier alpha value is -3.54. The first kappa shape index (κ1) is 18.3. The number of carbonyl (C=O) groups excluding carboxylic acids is 2. The minimum atomic E-state index is -0.396. The van der Waals surface area contributed by atoms with Gasteiger partial charge in [0.25, 0.3) is 5.91 Å². The molecule has 0 saturated carbocycles. The lowest BCUT2D eigenvalue weighted by atomic mass is 10.1. The van der Waals surface area contributed by atoms with Gasteiger partial charge in [-0.05, 0) is 61.5 Å². The zero-order chi connectivity index (χ0) is 19.2. The zero-order valence-electron chi connectivity index (χ0n) is 15.0. The summed E-state index contributed by atoms with van der Waals surface area (Å²) in [6.45, 7) is 2.06. The Kier molecular flexibility index (Phi) is 5.56. The number of carbonyl (C=O) groups is 2. The molecule has 0 unspecified atom stereocenters. The number of anilines is 1. The maximum absolute atomic E-state index is 12.6. The Labute approximate surface area is 157 Å². The summed E-state index contributed by atoms with van der Waals surface area (Å²) in [6, 6.07) is 11.9. The van der Waals surface area contributed by atoms with Crippen molar-refractivity contribution < 1.29 is 23.8 Å². The number of methoxy groups -OCH3 is 1. The molecule has 0 radical (unpaired) electrons. The van der Waals surface area contributed by atoms with Crippen LogP contribution in [0.5, 0.6) is 11.5 Å². The third-order valence-electron chi connectivity index (χ3n) is 3.89. The van der Waals surface area contributed by atoms with Crippen molar-refractivity contribution in [3.63, 3.8) is 0 Å². The van der Waals surface area contributed by atoms with Crippen LogP contribution >= 0.6 is 0 Å². The van der Waals surface area contributed by atoms with Crippen molar-refractivity contribution in [3.05, 3.63) is 71.5 Å². The van der Waals surface area contributed by atoms with Crippen LogP contribution in [0.15, 0.2) is 60.4 Å². The molecule has 2 aromatic rings. The summed E-state index contributed by atoms with van der Waals surface area (Å²) in [5.74, 6) is 0.611. The maximum Gasteiger partial charge on any atom is 0.338 e. The number of esters is 1. The lowest BCUT2D eigenvalue weighted by Crippen LogP contribution is -2.13. The minimum Gasteiger partial charge on any atom is -0.497 e. The fourth-order valence-corrected chi connectivity index (χ4v) is 2.52. The van der Waals surface area contributed by atoms with Crippen LogP contribution in [0.25, 0.3) is 6.08 Å². The highest BCUT2D eigenvalue weighted by Gasteiger charge is 2.13. The molecule has 2 aromatic carbocycles. The summed E-state index contributed by atoms with van der Waals surface area (Å²) in [4.78, 5) is 24.3. The lowest BCUT2D eigenvalue weighted by Gasteiger charge is -2.08. The summed E-state index contributed by atoms with van der Waals surface area (Å²) < 4.78 is 15.7. The molecule has 0 fully saturated rings. The van der Waals surface area contributed by atoms with E-state index in [4.69, 9.17) is 14.2 Å². The first-order valence-electron chi connectivity index (χ1n) is 8.42. The van der Waals surface area contributed by atoms with Gasteiger partial charge in [0, 0.05) is 16.8 Å². The third kappa shape index (κ3) is 4.36. The second-order valence-corrected chi connectivity index (χ2v) is 5.68. The van der Waals surface area contributed by atoms with Gasteiger partial charge in [-0.1, -0.05) is 0 Å². The van der Waals surface area contributed by atoms with Crippen molar-refractivity contribution in [1.82, 2.24) is 0 Å². The van der Waals surface area contributed by atoms with Crippen LogP contribution in [-0.2, 0) is 9.53 Å². The average Bonchev–Trinajstić information content (AvgIpc) is 2.90. The number of amides is 1. The minimum absolute atomic E-state index is 0.297. The van der Waals surface area contributed by atoms with Crippen LogP contribution in [0.3, 0.4) is 0 Å². The quantitative estimate of drug-likeness (QED) is 0.816. The molecule has 27 heavy (non-hydrogen) atoms. The largest absolute Gasteiger partial charge is 0.497 e. The molecular formula is C21H19NO5. The van der Waals surface area contributed by atoms with Gasteiger partial charge in [0.2, 0.25) is 0 Å². The van der Waals surface area contributed by atoms with Gasteiger partial charge in [0.15, 0.2) is 0 Å². The fraction of sp³-hybridized carbons (Fsp3) is 0.143. The van der Waals surface area contributed by atoms with Gasteiger partial charge in [0.1, 0.15) is 11.5 Å². The fourth-order valence-electron chi connectivity index (χ4n) is 2.52. The van der Waals surface area contributed by atoms with Gasteiger partial charge in [-0.15, -0.1) is 0 Å². The van der Waals surface area contributed by atoms with Gasteiger partial charge in [-0.2, -0.15) is 0 Å². The van der Waals surface area contributed by atoms with E-state index in [0.717, 1.165) is 5.56 Å². The summed E-state index contributed by atoms with van der Waals surface area (Å²) in [6.07, 6.45) is 4.78. The lowest BCUT2D eigenvalue weighted by molar-refractivity contribution is -0.112. The zero-order valence-corrected chi connectivity index (χ0v) is 15.0. The summed E-state index contributed by atoms with van der Waals surface area (Å²) in [5.41, 5.74) is 2.16. The molecule has 138 valence electrons. The van der Waals surface area contributed by atoms with E-state index in [1.807, 2.05) is 0 Å². The van der Waals surface area contributed by atoms with Crippen molar-refractivity contribution in [1.29, 1.82) is 0 Å². The first-order chi connectivity index (χ1) is 13.1.